The third kappa shape index (κ3) is 7.10. The average Bonchev–Trinajstić information content (AvgIpc) is 3.21. The first kappa shape index (κ1) is 24.9. The van der Waals surface area contributed by atoms with E-state index in [0.717, 1.165) is 28.7 Å². The summed E-state index contributed by atoms with van der Waals surface area (Å²) in [5.41, 5.74) is 7.07. The third-order valence-corrected chi connectivity index (χ3v) is 5.44. The van der Waals surface area contributed by atoms with Crippen molar-refractivity contribution in [1.82, 2.24) is 25.5 Å². The van der Waals surface area contributed by atoms with Crippen molar-refractivity contribution in [2.45, 2.75) is 11.7 Å². The molecule has 9 nitrogen and oxygen atoms in total. The highest BCUT2D eigenvalue weighted by Gasteiger charge is 2.13. The number of ether oxygens (including phenoxy) is 2. The number of nitrogens with zero attached hydrogens (tertiary/aromatic N) is 4. The summed E-state index contributed by atoms with van der Waals surface area (Å²) in [6, 6.07) is 13.5. The molecule has 1 amide bonds. The number of methoxy groups -OCH3 is 1. The molecule has 0 spiro atoms. The Hall–Kier alpha value is -2.34. The van der Waals surface area contributed by atoms with Gasteiger partial charge >= 0.3 is 0 Å². The highest BCUT2D eigenvalue weighted by atomic mass is 79.9. The topological polar surface area (TPSA) is 117 Å². The summed E-state index contributed by atoms with van der Waals surface area (Å²) in [4.78, 5) is 11.0. The second-order valence-electron chi connectivity index (χ2n) is 6.10. The van der Waals surface area contributed by atoms with Gasteiger partial charge < -0.3 is 20.5 Å². The standard InChI is InChI=1S/C19H21BrN6O3S.ClH/c1-28-16-10-13(9-15(20)18(16)29-12-17(21)27)11-22-7-8-30-19-23-24-25-26(19)14-5-3-2-4-6-14;/h2-6,9-10,22H,7-8,11-12H2,1H3,(H2,21,27);1H. The van der Waals surface area contributed by atoms with E-state index >= 15 is 0 Å². The fourth-order valence-corrected chi connectivity index (χ4v) is 4.00. The number of hydrogen-bond acceptors (Lipinski definition) is 8. The smallest absolute Gasteiger partial charge is 0.255 e. The molecular formula is C19H22BrClN6O3S. The molecule has 3 aromatic rings. The molecule has 0 saturated heterocycles. The largest absolute Gasteiger partial charge is 0.493 e. The number of tetrazole rings is 1. The van der Waals surface area contributed by atoms with Crippen LogP contribution in [0.25, 0.3) is 5.69 Å². The van der Waals surface area contributed by atoms with Crippen LogP contribution in [-0.4, -0.2) is 52.1 Å². The second kappa shape index (κ2) is 12.5. The predicted molar refractivity (Wildman–Crippen MR) is 124 cm³/mol. The fraction of sp³-hybridized carbons (Fsp3) is 0.263. The van der Waals surface area contributed by atoms with Crippen LogP contribution < -0.4 is 20.5 Å². The lowest BCUT2D eigenvalue weighted by atomic mass is 10.2. The van der Waals surface area contributed by atoms with Crippen molar-refractivity contribution in [3.63, 3.8) is 0 Å². The Bertz CT molecular complexity index is 992. The number of amides is 1. The maximum atomic E-state index is 11.0. The first-order valence-corrected chi connectivity index (χ1v) is 10.8. The number of benzene rings is 2. The monoisotopic (exact) mass is 528 g/mol. The minimum Gasteiger partial charge on any atom is -0.493 e. The molecule has 0 aliphatic carbocycles. The zero-order chi connectivity index (χ0) is 21.3. The van der Waals surface area contributed by atoms with Crippen molar-refractivity contribution in [3.8, 4) is 17.2 Å². The van der Waals surface area contributed by atoms with Crippen LogP contribution in [0.5, 0.6) is 11.5 Å². The van der Waals surface area contributed by atoms with Gasteiger partial charge in [-0.1, -0.05) is 30.0 Å². The molecule has 31 heavy (non-hydrogen) atoms. The van der Waals surface area contributed by atoms with E-state index in [1.807, 2.05) is 42.5 Å². The molecule has 0 aliphatic rings. The SMILES string of the molecule is COc1cc(CNCCSc2nnnn2-c2ccccc2)cc(Br)c1OCC(N)=O.Cl. The Labute approximate surface area is 198 Å². The van der Waals surface area contributed by atoms with Gasteiger partial charge in [0.15, 0.2) is 18.1 Å². The van der Waals surface area contributed by atoms with Crippen LogP contribution in [0.2, 0.25) is 0 Å². The molecule has 12 heteroatoms. The number of aromatic nitrogens is 4. The molecule has 0 radical (unpaired) electrons. The maximum absolute atomic E-state index is 11.0. The molecule has 0 bridgehead atoms. The molecule has 1 aromatic heterocycles. The van der Waals surface area contributed by atoms with Gasteiger partial charge in [-0.2, -0.15) is 4.68 Å². The first-order valence-electron chi connectivity index (χ1n) is 9.03. The quantitative estimate of drug-likeness (QED) is 0.288. The Balaban J connectivity index is 0.00000341. The van der Waals surface area contributed by atoms with E-state index in [1.165, 1.54) is 0 Å². The molecule has 0 saturated carbocycles. The van der Waals surface area contributed by atoms with Gasteiger partial charge in [0.2, 0.25) is 5.16 Å². The Kier molecular flexibility index (Phi) is 10.0. The Morgan fingerprint density at radius 3 is 2.77 bits per heavy atom. The number of nitrogens with two attached hydrogens (primary N) is 1. The molecule has 0 aliphatic heterocycles. The van der Waals surface area contributed by atoms with Crippen LogP contribution in [0, 0.1) is 0 Å². The lowest BCUT2D eigenvalue weighted by Gasteiger charge is -2.14. The molecule has 0 fully saturated rings. The van der Waals surface area contributed by atoms with Gasteiger partial charge in [0.25, 0.3) is 5.91 Å². The van der Waals surface area contributed by atoms with Crippen molar-refractivity contribution in [2.24, 2.45) is 5.73 Å². The lowest BCUT2D eigenvalue weighted by Crippen LogP contribution is -2.20. The number of rotatable bonds is 11. The van der Waals surface area contributed by atoms with Gasteiger partial charge in [0, 0.05) is 18.8 Å². The van der Waals surface area contributed by atoms with E-state index in [0.29, 0.717) is 22.5 Å². The summed E-state index contributed by atoms with van der Waals surface area (Å²) >= 11 is 5.03. The first-order chi connectivity index (χ1) is 14.6. The van der Waals surface area contributed by atoms with Crippen LogP contribution in [0.3, 0.4) is 0 Å². The zero-order valence-corrected chi connectivity index (χ0v) is 19.9. The molecule has 0 atom stereocenters. The van der Waals surface area contributed by atoms with Crippen LogP contribution in [-0.2, 0) is 11.3 Å². The minimum absolute atomic E-state index is 0. The molecule has 166 valence electrons. The summed E-state index contributed by atoms with van der Waals surface area (Å²) < 4.78 is 13.2. The summed E-state index contributed by atoms with van der Waals surface area (Å²) in [6.45, 7) is 1.17. The second-order valence-corrected chi connectivity index (χ2v) is 8.01. The number of carbonyl (C=O) groups is 1. The Morgan fingerprint density at radius 2 is 2.06 bits per heavy atom. The van der Waals surface area contributed by atoms with Crippen molar-refractivity contribution < 1.29 is 14.3 Å². The van der Waals surface area contributed by atoms with E-state index < -0.39 is 5.91 Å². The van der Waals surface area contributed by atoms with Gasteiger partial charge in [-0.05, 0) is 56.2 Å². The third-order valence-electron chi connectivity index (χ3n) is 3.93. The van der Waals surface area contributed by atoms with Crippen molar-refractivity contribution in [1.29, 1.82) is 0 Å². The van der Waals surface area contributed by atoms with E-state index in [4.69, 9.17) is 15.2 Å². The van der Waals surface area contributed by atoms with Crippen molar-refractivity contribution in [2.75, 3.05) is 26.0 Å². The van der Waals surface area contributed by atoms with Crippen molar-refractivity contribution in [3.05, 3.63) is 52.5 Å². The molecule has 1 heterocycles. The number of carbonyl (C=O) groups excluding carboxylic acids is 1. The highest BCUT2D eigenvalue weighted by molar-refractivity contribution is 9.10. The number of thioether (sulfide) groups is 1. The van der Waals surface area contributed by atoms with Crippen LogP contribution >= 0.6 is 40.1 Å². The van der Waals surface area contributed by atoms with E-state index in [1.54, 1.807) is 23.6 Å². The maximum Gasteiger partial charge on any atom is 0.255 e. The van der Waals surface area contributed by atoms with E-state index in [9.17, 15) is 4.79 Å². The van der Waals surface area contributed by atoms with Crippen LogP contribution in [0.4, 0.5) is 0 Å². The molecule has 3 rings (SSSR count). The lowest BCUT2D eigenvalue weighted by molar-refractivity contribution is -0.119. The Morgan fingerprint density at radius 1 is 1.29 bits per heavy atom. The van der Waals surface area contributed by atoms with Crippen LogP contribution in [0.15, 0.2) is 52.1 Å². The summed E-state index contributed by atoms with van der Waals surface area (Å²) in [7, 11) is 1.55. The van der Waals surface area contributed by atoms with Crippen LogP contribution in [0.1, 0.15) is 5.56 Å². The van der Waals surface area contributed by atoms with Gasteiger partial charge in [-0.25, -0.2) is 0 Å². The minimum atomic E-state index is -0.550. The number of primary amides is 1. The normalized spacial score (nSPS) is 10.4. The zero-order valence-electron chi connectivity index (χ0n) is 16.7. The van der Waals surface area contributed by atoms with E-state index in [-0.39, 0.29) is 19.0 Å². The predicted octanol–water partition coefficient (Wildman–Crippen LogP) is 2.60. The van der Waals surface area contributed by atoms with E-state index in [2.05, 4.69) is 36.8 Å². The van der Waals surface area contributed by atoms with Gasteiger partial charge in [-0.3, -0.25) is 4.79 Å². The highest BCUT2D eigenvalue weighted by Crippen LogP contribution is 2.36. The fourth-order valence-electron chi connectivity index (χ4n) is 2.61. The van der Waals surface area contributed by atoms with Gasteiger partial charge in [-0.15, -0.1) is 17.5 Å². The molecule has 2 aromatic carbocycles. The van der Waals surface area contributed by atoms with Gasteiger partial charge in [0.1, 0.15) is 0 Å². The molecular weight excluding hydrogens is 508 g/mol. The molecule has 0 unspecified atom stereocenters. The van der Waals surface area contributed by atoms with Crippen molar-refractivity contribution >= 4 is 46.0 Å². The van der Waals surface area contributed by atoms with Gasteiger partial charge in [0.05, 0.1) is 17.3 Å². The summed E-state index contributed by atoms with van der Waals surface area (Å²) in [5.74, 6) is 1.22. The average molecular weight is 530 g/mol. The number of nitrogens with one attached hydrogen (secondary N) is 1. The number of hydrogen-bond donors (Lipinski definition) is 2. The number of para-hydroxylation sites is 1. The number of halogens is 2. The molecule has 3 N–H and O–H groups in total. The summed E-state index contributed by atoms with van der Waals surface area (Å²) in [5, 5.41) is 16.0. The summed E-state index contributed by atoms with van der Waals surface area (Å²) in [6.07, 6.45) is 0.